The van der Waals surface area contributed by atoms with Crippen molar-refractivity contribution >= 4 is 23.5 Å². The number of carbonyl (C=O) groups excluding carboxylic acids is 1. The Morgan fingerprint density at radius 2 is 1.60 bits per heavy atom. The second-order valence-corrected chi connectivity index (χ2v) is 11.4. The smallest absolute Gasteiger partial charge is 0.251 e. The van der Waals surface area contributed by atoms with Crippen LogP contribution in [0.5, 0.6) is 0 Å². The maximum Gasteiger partial charge on any atom is 0.251 e. The lowest BCUT2D eigenvalue weighted by atomic mass is 10.1. The van der Waals surface area contributed by atoms with Crippen LogP contribution in [0.25, 0.3) is 0 Å². The molecule has 3 heterocycles. The molecule has 9 heteroatoms. The largest absolute Gasteiger partial charge is 0.379 e. The summed E-state index contributed by atoms with van der Waals surface area (Å²) < 4.78 is 5.38. The van der Waals surface area contributed by atoms with Gasteiger partial charge in [-0.2, -0.15) is 0 Å². The first-order valence-electron chi connectivity index (χ1n) is 14.2. The number of rotatable bonds is 10. The van der Waals surface area contributed by atoms with Crippen LogP contribution in [0.3, 0.4) is 0 Å². The molecule has 2 fully saturated rings. The lowest BCUT2D eigenvalue weighted by molar-refractivity contribution is 0.0383. The highest BCUT2D eigenvalue weighted by Crippen LogP contribution is 2.27. The fourth-order valence-corrected chi connectivity index (χ4v) is 5.92. The molecule has 0 saturated carbocycles. The maximum atomic E-state index is 12.6. The number of aryl methyl sites for hydroxylation is 1. The molecule has 3 aromatic rings. The van der Waals surface area contributed by atoms with E-state index in [1.54, 1.807) is 11.8 Å². The van der Waals surface area contributed by atoms with Gasteiger partial charge in [-0.05, 0) is 37.1 Å². The summed E-state index contributed by atoms with van der Waals surface area (Å²) in [7, 11) is 0. The van der Waals surface area contributed by atoms with Crippen LogP contribution in [0.4, 0.5) is 5.82 Å². The van der Waals surface area contributed by atoms with Crippen LogP contribution in [0.15, 0.2) is 59.8 Å². The number of morpholine rings is 1. The minimum absolute atomic E-state index is 0.0292. The number of piperazine rings is 1. The van der Waals surface area contributed by atoms with Gasteiger partial charge in [-0.25, -0.2) is 9.97 Å². The predicted octanol–water partition coefficient (Wildman–Crippen LogP) is 3.77. The van der Waals surface area contributed by atoms with Gasteiger partial charge in [0.15, 0.2) is 5.16 Å². The monoisotopic (exact) mass is 560 g/mol. The molecule has 0 bridgehead atoms. The number of nitrogens with one attached hydrogen (secondary N) is 1. The van der Waals surface area contributed by atoms with Crippen LogP contribution in [-0.2, 0) is 17.0 Å². The fourth-order valence-electron chi connectivity index (χ4n) is 5.08. The number of benzene rings is 2. The van der Waals surface area contributed by atoms with Gasteiger partial charge in [0.25, 0.3) is 5.91 Å². The van der Waals surface area contributed by atoms with E-state index in [1.807, 2.05) is 24.3 Å². The number of ether oxygens (including phenoxy) is 1. The Morgan fingerprint density at radius 1 is 0.875 bits per heavy atom. The molecule has 1 N–H and O–H groups in total. The fraction of sp³-hybridized carbons (Fsp3) is 0.452. The van der Waals surface area contributed by atoms with E-state index in [1.165, 1.54) is 5.56 Å². The SMILES string of the molecule is Cc1nc(SCc2ccc(C(=O)NCCN3CCOCC3)cc2)nc(N2CCN(Cc3ccccc3)CC2)c1C. The van der Waals surface area contributed by atoms with Gasteiger partial charge in [-0.1, -0.05) is 54.2 Å². The number of aromatic nitrogens is 2. The standard InChI is InChI=1S/C31H40N6O2S/c1-24-25(2)33-31(34-29(24)37-16-14-36(15-17-37)22-26-6-4-3-5-7-26)40-23-27-8-10-28(11-9-27)30(38)32-12-13-35-18-20-39-21-19-35/h3-11H,12-23H2,1-2H3,(H,32,38). The van der Waals surface area contributed by atoms with Gasteiger partial charge < -0.3 is 15.0 Å². The Bertz CT molecular complexity index is 1240. The summed E-state index contributed by atoms with van der Waals surface area (Å²) in [6, 6.07) is 18.5. The van der Waals surface area contributed by atoms with Crippen LogP contribution in [-0.4, -0.2) is 91.2 Å². The van der Waals surface area contributed by atoms with E-state index in [0.717, 1.165) is 99.1 Å². The van der Waals surface area contributed by atoms with Crippen molar-refractivity contribution in [1.82, 2.24) is 25.1 Å². The second-order valence-electron chi connectivity index (χ2n) is 10.5. The number of amides is 1. The number of anilines is 1. The van der Waals surface area contributed by atoms with Crippen LogP contribution in [0, 0.1) is 13.8 Å². The molecule has 2 aliphatic heterocycles. The summed E-state index contributed by atoms with van der Waals surface area (Å²) in [5.74, 6) is 1.78. The highest BCUT2D eigenvalue weighted by molar-refractivity contribution is 7.98. The normalized spacial score (nSPS) is 16.7. The van der Waals surface area contributed by atoms with Gasteiger partial charge >= 0.3 is 0 Å². The van der Waals surface area contributed by atoms with E-state index >= 15 is 0 Å². The third-order valence-corrected chi connectivity index (χ3v) is 8.58. The van der Waals surface area contributed by atoms with Crippen LogP contribution >= 0.6 is 11.8 Å². The Morgan fingerprint density at radius 3 is 2.33 bits per heavy atom. The molecule has 0 atom stereocenters. The van der Waals surface area contributed by atoms with Crippen molar-refractivity contribution < 1.29 is 9.53 Å². The second kappa shape index (κ2) is 14.1. The topological polar surface area (TPSA) is 73.8 Å². The Labute approximate surface area is 242 Å². The first kappa shape index (κ1) is 28.5. The summed E-state index contributed by atoms with van der Waals surface area (Å²) in [4.78, 5) is 29.5. The molecule has 2 aliphatic rings. The molecule has 0 radical (unpaired) electrons. The minimum atomic E-state index is -0.0292. The average Bonchev–Trinajstić information content (AvgIpc) is 2.99. The van der Waals surface area contributed by atoms with Gasteiger partial charge in [0, 0.05) is 81.5 Å². The Kier molecular flexibility index (Phi) is 10.0. The van der Waals surface area contributed by atoms with Crippen LogP contribution in [0.2, 0.25) is 0 Å². The zero-order valence-electron chi connectivity index (χ0n) is 23.6. The van der Waals surface area contributed by atoms with Crippen molar-refractivity contribution in [2.24, 2.45) is 0 Å². The minimum Gasteiger partial charge on any atom is -0.379 e. The highest BCUT2D eigenvalue weighted by atomic mass is 32.2. The van der Waals surface area contributed by atoms with Crippen molar-refractivity contribution in [2.45, 2.75) is 31.3 Å². The van der Waals surface area contributed by atoms with E-state index < -0.39 is 0 Å². The molecular formula is C31H40N6O2S. The summed E-state index contributed by atoms with van der Waals surface area (Å²) in [6.07, 6.45) is 0. The summed E-state index contributed by atoms with van der Waals surface area (Å²) in [6.45, 7) is 14.1. The van der Waals surface area contributed by atoms with E-state index in [9.17, 15) is 4.79 Å². The molecule has 2 aromatic carbocycles. The van der Waals surface area contributed by atoms with E-state index in [4.69, 9.17) is 14.7 Å². The number of hydrogen-bond donors (Lipinski definition) is 1. The highest BCUT2D eigenvalue weighted by Gasteiger charge is 2.21. The van der Waals surface area contributed by atoms with Gasteiger partial charge in [0.05, 0.1) is 13.2 Å². The van der Waals surface area contributed by atoms with Crippen molar-refractivity contribution in [3.63, 3.8) is 0 Å². The molecule has 8 nitrogen and oxygen atoms in total. The van der Waals surface area contributed by atoms with Crippen LogP contribution < -0.4 is 10.2 Å². The van der Waals surface area contributed by atoms with Gasteiger partial charge in [0.1, 0.15) is 5.82 Å². The summed E-state index contributed by atoms with van der Waals surface area (Å²) in [5, 5.41) is 3.83. The molecule has 0 spiro atoms. The van der Waals surface area contributed by atoms with Gasteiger partial charge in [0.2, 0.25) is 0 Å². The van der Waals surface area contributed by atoms with Crippen LogP contribution in [0.1, 0.15) is 32.7 Å². The summed E-state index contributed by atoms with van der Waals surface area (Å²) >= 11 is 1.65. The molecule has 1 amide bonds. The molecule has 0 unspecified atom stereocenters. The molecule has 1 aromatic heterocycles. The summed E-state index contributed by atoms with van der Waals surface area (Å²) in [5.41, 5.74) is 5.38. The lowest BCUT2D eigenvalue weighted by Crippen LogP contribution is -2.46. The molecule has 40 heavy (non-hydrogen) atoms. The number of hydrogen-bond acceptors (Lipinski definition) is 8. The van der Waals surface area contributed by atoms with Gasteiger partial charge in [-0.3, -0.25) is 14.6 Å². The van der Waals surface area contributed by atoms with E-state index in [-0.39, 0.29) is 5.91 Å². The molecule has 5 rings (SSSR count). The van der Waals surface area contributed by atoms with Crippen molar-refractivity contribution in [1.29, 1.82) is 0 Å². The zero-order valence-corrected chi connectivity index (χ0v) is 24.5. The number of nitrogens with zero attached hydrogens (tertiary/aromatic N) is 5. The van der Waals surface area contributed by atoms with E-state index in [0.29, 0.717) is 12.1 Å². The molecule has 2 saturated heterocycles. The molecular weight excluding hydrogens is 520 g/mol. The van der Waals surface area contributed by atoms with Gasteiger partial charge in [-0.15, -0.1) is 0 Å². The first-order valence-corrected chi connectivity index (χ1v) is 15.2. The van der Waals surface area contributed by atoms with Crippen molar-refractivity contribution in [3.05, 3.63) is 82.5 Å². The number of thioether (sulfide) groups is 1. The lowest BCUT2D eigenvalue weighted by Gasteiger charge is -2.36. The van der Waals surface area contributed by atoms with Crippen molar-refractivity contribution in [2.75, 3.05) is 70.5 Å². The van der Waals surface area contributed by atoms with E-state index in [2.05, 4.69) is 64.2 Å². The van der Waals surface area contributed by atoms with Crippen molar-refractivity contribution in [3.8, 4) is 0 Å². The zero-order chi connectivity index (χ0) is 27.7. The quantitative estimate of drug-likeness (QED) is 0.297. The third-order valence-electron chi connectivity index (χ3n) is 7.67. The Balaban J connectivity index is 1.11. The Hall–Kier alpha value is -2.98. The molecule has 212 valence electrons. The average molecular weight is 561 g/mol. The predicted molar refractivity (Wildman–Crippen MR) is 161 cm³/mol. The number of carbonyl (C=O) groups is 1. The third kappa shape index (κ3) is 7.81. The first-order chi connectivity index (χ1) is 19.5. The molecule has 0 aliphatic carbocycles. The maximum absolute atomic E-state index is 12.6.